The molecule has 104 valence electrons. The highest BCUT2D eigenvalue weighted by Gasteiger charge is 2.22. The van der Waals surface area contributed by atoms with Crippen LogP contribution in [0.25, 0.3) is 0 Å². The molecule has 0 bridgehead atoms. The molecule has 0 saturated carbocycles. The monoisotopic (exact) mass is 268 g/mol. The van der Waals surface area contributed by atoms with E-state index in [-0.39, 0.29) is 17.9 Å². The zero-order valence-corrected chi connectivity index (χ0v) is 10.3. The molecule has 1 unspecified atom stereocenters. The smallest absolute Gasteiger partial charge is 0.326 e. The number of aromatic hydroxyl groups is 2. The van der Waals surface area contributed by atoms with Crippen molar-refractivity contribution >= 4 is 11.9 Å². The summed E-state index contributed by atoms with van der Waals surface area (Å²) < 4.78 is 0. The molecule has 19 heavy (non-hydrogen) atoms. The van der Waals surface area contributed by atoms with Crippen molar-refractivity contribution in [3.8, 4) is 11.5 Å². The van der Waals surface area contributed by atoms with Crippen molar-refractivity contribution in [1.29, 1.82) is 0 Å². The Morgan fingerprint density at radius 3 is 2.42 bits per heavy atom. The van der Waals surface area contributed by atoms with Crippen LogP contribution >= 0.6 is 0 Å². The second-order valence-electron chi connectivity index (χ2n) is 4.22. The van der Waals surface area contributed by atoms with E-state index in [2.05, 4.69) is 5.32 Å². The lowest BCUT2D eigenvalue weighted by Crippen LogP contribution is -2.48. The molecule has 1 rings (SSSR count). The van der Waals surface area contributed by atoms with Gasteiger partial charge in [0, 0.05) is 6.42 Å². The summed E-state index contributed by atoms with van der Waals surface area (Å²) in [4.78, 5) is 22.4. The van der Waals surface area contributed by atoms with E-state index in [1.807, 2.05) is 0 Å². The number of phenols is 2. The second kappa shape index (κ2) is 6.05. The molecule has 0 aromatic heterocycles. The second-order valence-corrected chi connectivity index (χ2v) is 4.22. The Morgan fingerprint density at radius 1 is 1.32 bits per heavy atom. The number of carbonyl (C=O) groups excluding carboxylic acids is 1. The Hall–Kier alpha value is -2.28. The first-order valence-corrected chi connectivity index (χ1v) is 5.61. The van der Waals surface area contributed by atoms with Gasteiger partial charge in [-0.05, 0) is 24.6 Å². The Kier molecular flexibility index (Phi) is 4.71. The minimum Gasteiger partial charge on any atom is -0.504 e. The van der Waals surface area contributed by atoms with E-state index in [1.54, 1.807) is 0 Å². The van der Waals surface area contributed by atoms with Gasteiger partial charge in [0.25, 0.3) is 0 Å². The number of amides is 1. The van der Waals surface area contributed by atoms with Crippen LogP contribution in [0.3, 0.4) is 0 Å². The van der Waals surface area contributed by atoms with E-state index in [0.29, 0.717) is 5.56 Å². The number of carboxylic acids is 1. The van der Waals surface area contributed by atoms with Crippen LogP contribution in [0.4, 0.5) is 0 Å². The fourth-order valence-corrected chi connectivity index (χ4v) is 1.43. The van der Waals surface area contributed by atoms with Gasteiger partial charge in [-0.3, -0.25) is 4.79 Å². The van der Waals surface area contributed by atoms with Gasteiger partial charge in [-0.2, -0.15) is 0 Å². The third-order valence-electron chi connectivity index (χ3n) is 2.51. The number of hydrogen-bond acceptors (Lipinski definition) is 5. The number of carbonyl (C=O) groups is 2. The third-order valence-corrected chi connectivity index (χ3v) is 2.51. The van der Waals surface area contributed by atoms with Gasteiger partial charge < -0.3 is 26.4 Å². The van der Waals surface area contributed by atoms with Gasteiger partial charge in [0.2, 0.25) is 5.91 Å². The van der Waals surface area contributed by atoms with Crippen molar-refractivity contribution in [3.63, 3.8) is 0 Å². The highest BCUT2D eigenvalue weighted by Crippen LogP contribution is 2.25. The SMILES string of the molecule is CC(N)C(=O)N[C@@H](Cc1ccc(O)c(O)c1)C(=O)O. The summed E-state index contributed by atoms with van der Waals surface area (Å²) in [7, 11) is 0. The van der Waals surface area contributed by atoms with Crippen LogP contribution < -0.4 is 11.1 Å². The number of aliphatic carboxylic acids is 1. The Labute approximate surface area is 109 Å². The van der Waals surface area contributed by atoms with Crippen molar-refractivity contribution < 1.29 is 24.9 Å². The van der Waals surface area contributed by atoms with Gasteiger partial charge in [-0.25, -0.2) is 4.79 Å². The first kappa shape index (κ1) is 14.8. The predicted octanol–water partition coefficient (Wildman–Crippen LogP) is -0.443. The van der Waals surface area contributed by atoms with Crippen LogP contribution in [0, 0.1) is 0 Å². The van der Waals surface area contributed by atoms with E-state index in [0.717, 1.165) is 0 Å². The number of rotatable bonds is 5. The summed E-state index contributed by atoms with van der Waals surface area (Å²) in [6.07, 6.45) is -0.0262. The van der Waals surface area contributed by atoms with E-state index in [4.69, 9.17) is 15.9 Å². The van der Waals surface area contributed by atoms with Crippen molar-refractivity contribution in [2.75, 3.05) is 0 Å². The van der Waals surface area contributed by atoms with Crippen molar-refractivity contribution in [1.82, 2.24) is 5.32 Å². The zero-order chi connectivity index (χ0) is 14.6. The Bertz CT molecular complexity index is 487. The fraction of sp³-hybridized carbons (Fsp3) is 0.333. The number of carboxylic acid groups (broad SMARTS) is 1. The lowest BCUT2D eigenvalue weighted by atomic mass is 10.0. The van der Waals surface area contributed by atoms with E-state index < -0.39 is 24.0 Å². The normalized spacial score (nSPS) is 13.6. The average Bonchev–Trinajstić information content (AvgIpc) is 2.32. The van der Waals surface area contributed by atoms with Crippen LogP contribution in [0.2, 0.25) is 0 Å². The maximum Gasteiger partial charge on any atom is 0.326 e. The molecule has 7 heteroatoms. The molecule has 0 radical (unpaired) electrons. The number of nitrogens with two attached hydrogens (primary N) is 1. The summed E-state index contributed by atoms with van der Waals surface area (Å²) in [6.45, 7) is 1.45. The number of nitrogens with one attached hydrogen (secondary N) is 1. The van der Waals surface area contributed by atoms with E-state index in [9.17, 15) is 14.7 Å². The van der Waals surface area contributed by atoms with Gasteiger partial charge in [-0.15, -0.1) is 0 Å². The molecule has 6 N–H and O–H groups in total. The van der Waals surface area contributed by atoms with Gasteiger partial charge in [0.05, 0.1) is 6.04 Å². The van der Waals surface area contributed by atoms with Crippen molar-refractivity contribution in [2.24, 2.45) is 5.73 Å². The highest BCUT2D eigenvalue weighted by molar-refractivity contribution is 5.86. The van der Waals surface area contributed by atoms with Gasteiger partial charge in [-0.1, -0.05) is 6.07 Å². The van der Waals surface area contributed by atoms with Crippen molar-refractivity contribution in [3.05, 3.63) is 23.8 Å². The number of benzene rings is 1. The molecular formula is C12H16N2O5. The molecule has 0 fully saturated rings. The molecule has 0 aliphatic carbocycles. The molecule has 0 saturated heterocycles. The first-order valence-electron chi connectivity index (χ1n) is 5.61. The van der Waals surface area contributed by atoms with Crippen molar-refractivity contribution in [2.45, 2.75) is 25.4 Å². The van der Waals surface area contributed by atoms with Gasteiger partial charge in [0.1, 0.15) is 6.04 Å². The van der Waals surface area contributed by atoms with Gasteiger partial charge >= 0.3 is 5.97 Å². The number of hydrogen-bond donors (Lipinski definition) is 5. The molecule has 7 nitrogen and oxygen atoms in total. The molecular weight excluding hydrogens is 252 g/mol. The summed E-state index contributed by atoms with van der Waals surface area (Å²) in [6, 6.07) is 1.99. The van der Waals surface area contributed by atoms with Crippen LogP contribution in [0.1, 0.15) is 12.5 Å². The van der Waals surface area contributed by atoms with Gasteiger partial charge in [0.15, 0.2) is 11.5 Å². The summed E-state index contributed by atoms with van der Waals surface area (Å²) >= 11 is 0. The summed E-state index contributed by atoms with van der Waals surface area (Å²) in [5, 5.41) is 29.8. The summed E-state index contributed by atoms with van der Waals surface area (Å²) in [5.74, 6) is -2.42. The topological polar surface area (TPSA) is 133 Å². The molecule has 0 spiro atoms. The molecule has 1 amide bonds. The molecule has 0 aliphatic heterocycles. The largest absolute Gasteiger partial charge is 0.504 e. The molecule has 0 heterocycles. The standard InChI is InChI=1S/C12H16N2O5/c1-6(13)11(17)14-8(12(18)19)4-7-2-3-9(15)10(16)5-7/h2-3,5-6,8,15-16H,4,13H2,1H3,(H,14,17)(H,18,19)/t6?,8-/m0/s1. The molecule has 2 atom stereocenters. The minimum absolute atomic E-state index is 0.0262. The molecule has 1 aromatic rings. The third kappa shape index (κ3) is 4.14. The molecule has 0 aliphatic rings. The van der Waals surface area contributed by atoms with E-state index in [1.165, 1.54) is 25.1 Å². The maximum absolute atomic E-state index is 11.4. The number of phenolic OH excluding ortho intramolecular Hbond substituents is 2. The summed E-state index contributed by atoms with van der Waals surface area (Å²) in [5.41, 5.74) is 5.81. The lowest BCUT2D eigenvalue weighted by molar-refractivity contribution is -0.141. The Morgan fingerprint density at radius 2 is 1.95 bits per heavy atom. The average molecular weight is 268 g/mol. The lowest BCUT2D eigenvalue weighted by Gasteiger charge is -2.16. The van der Waals surface area contributed by atoms with Crippen LogP contribution in [-0.4, -0.2) is 39.3 Å². The quantitative estimate of drug-likeness (QED) is 0.460. The first-order chi connectivity index (χ1) is 8.81. The minimum atomic E-state index is -1.21. The van der Waals surface area contributed by atoms with E-state index >= 15 is 0 Å². The maximum atomic E-state index is 11.4. The fourth-order valence-electron chi connectivity index (χ4n) is 1.43. The Balaban J connectivity index is 2.81. The predicted molar refractivity (Wildman–Crippen MR) is 66.7 cm³/mol. The van der Waals surface area contributed by atoms with Crippen LogP contribution in [0.5, 0.6) is 11.5 Å². The van der Waals surface area contributed by atoms with Crippen LogP contribution in [-0.2, 0) is 16.0 Å². The highest BCUT2D eigenvalue weighted by atomic mass is 16.4. The molecule has 1 aromatic carbocycles. The zero-order valence-electron chi connectivity index (χ0n) is 10.3. The van der Waals surface area contributed by atoms with Crippen LogP contribution in [0.15, 0.2) is 18.2 Å².